The van der Waals surface area contributed by atoms with Gasteiger partial charge in [-0.3, -0.25) is 0 Å². The van der Waals surface area contributed by atoms with E-state index in [2.05, 4.69) is 58.1 Å². The molecular weight excluding hydrogens is 771 g/mol. The number of hydrogen-bond acceptors (Lipinski definition) is 13. The summed E-state index contributed by atoms with van der Waals surface area (Å²) < 4.78 is 71.4. The molecule has 0 aliphatic carbocycles. The van der Waals surface area contributed by atoms with Gasteiger partial charge in [0.15, 0.2) is 16.6 Å². The maximum Gasteiger partial charge on any atom is 0.314 e. The van der Waals surface area contributed by atoms with Crippen molar-refractivity contribution in [2.75, 3.05) is 86.3 Å². The zero-order chi connectivity index (χ0) is 42.8. The lowest BCUT2D eigenvalue weighted by Crippen LogP contribution is -2.52. The van der Waals surface area contributed by atoms with Crippen LogP contribution in [0.4, 0.5) is 0 Å². The third-order valence-electron chi connectivity index (χ3n) is 8.07. The van der Waals surface area contributed by atoms with Crippen molar-refractivity contribution in [3.8, 4) is 0 Å². The van der Waals surface area contributed by atoms with Crippen LogP contribution in [0, 0.1) is 0 Å². The first-order valence-electron chi connectivity index (χ1n) is 21.2. The van der Waals surface area contributed by atoms with Gasteiger partial charge in [-0.05, 0) is 127 Å². The fraction of sp³-hybridized carbons (Fsp3) is 1.00. The fourth-order valence-corrected chi connectivity index (χ4v) is 18.0. The molecule has 0 aliphatic heterocycles. The van der Waals surface area contributed by atoms with E-state index in [0.717, 1.165) is 19.0 Å². The van der Waals surface area contributed by atoms with Gasteiger partial charge in [0.25, 0.3) is 0 Å². The van der Waals surface area contributed by atoms with E-state index < -0.39 is 25.2 Å². The van der Waals surface area contributed by atoms with Gasteiger partial charge >= 0.3 is 8.56 Å². The van der Waals surface area contributed by atoms with Gasteiger partial charge in [-0.15, -0.1) is 0 Å². The van der Waals surface area contributed by atoms with E-state index in [1.165, 1.54) is 0 Å². The molecule has 9 unspecified atom stereocenters. The first kappa shape index (κ1) is 56.1. The van der Waals surface area contributed by atoms with E-state index in [1.54, 1.807) is 7.11 Å². The van der Waals surface area contributed by atoms with E-state index in [-0.39, 0.29) is 54.9 Å². The fourth-order valence-electron chi connectivity index (χ4n) is 5.42. The van der Waals surface area contributed by atoms with Crippen molar-refractivity contribution in [3.63, 3.8) is 0 Å². The van der Waals surface area contributed by atoms with Crippen LogP contribution in [0.1, 0.15) is 68.7 Å². The molecule has 0 spiro atoms. The van der Waals surface area contributed by atoms with Crippen LogP contribution >= 0.6 is 0 Å². The number of methoxy groups -OCH3 is 1. The SMILES string of the molecule is COCCOCC(C)OCC(C)OCC(C)OCC(C)OCC(C)OCC(C)OCC(C)OCC(C)OCC(C)NCCC[Si](C)(O[Si](C)(C)C)O[Si](C)(C)C. The van der Waals surface area contributed by atoms with Crippen LogP contribution in [0.5, 0.6) is 0 Å². The molecule has 0 rings (SSSR count). The molecule has 0 amide bonds. The molecule has 9 atom stereocenters. The van der Waals surface area contributed by atoms with Crippen LogP contribution in [-0.2, 0) is 55.6 Å². The zero-order valence-electron chi connectivity index (χ0n) is 39.0. The summed E-state index contributed by atoms with van der Waals surface area (Å²) in [4.78, 5) is 0. The van der Waals surface area contributed by atoms with Gasteiger partial charge in [0.05, 0.1) is 122 Å². The third kappa shape index (κ3) is 34.9. The van der Waals surface area contributed by atoms with E-state index in [1.807, 2.05) is 55.4 Å². The van der Waals surface area contributed by atoms with Crippen molar-refractivity contribution in [1.82, 2.24) is 5.32 Å². The summed E-state index contributed by atoms with van der Waals surface area (Å²) in [5, 5.41) is 3.61. The largest absolute Gasteiger partial charge is 0.437 e. The molecule has 13 nitrogen and oxygen atoms in total. The van der Waals surface area contributed by atoms with Crippen molar-refractivity contribution in [3.05, 3.63) is 0 Å². The lowest BCUT2D eigenvalue weighted by molar-refractivity contribution is -0.110. The summed E-state index contributed by atoms with van der Waals surface area (Å²) in [6, 6.07) is 1.25. The van der Waals surface area contributed by atoms with Gasteiger partial charge in [0.1, 0.15) is 0 Å². The summed E-state index contributed by atoms with van der Waals surface area (Å²) in [5.74, 6) is 0. The van der Waals surface area contributed by atoms with E-state index in [4.69, 9.17) is 55.6 Å². The smallest absolute Gasteiger partial charge is 0.314 e. The normalized spacial score (nSPS) is 17.9. The summed E-state index contributed by atoms with van der Waals surface area (Å²) in [6.45, 7) is 40.6. The number of ether oxygens (including phenoxy) is 10. The van der Waals surface area contributed by atoms with Crippen molar-refractivity contribution in [2.24, 2.45) is 0 Å². The van der Waals surface area contributed by atoms with Crippen molar-refractivity contribution in [2.45, 2.75) is 175 Å². The molecule has 0 aromatic carbocycles. The Morgan fingerprint density at radius 1 is 0.411 bits per heavy atom. The van der Waals surface area contributed by atoms with Crippen LogP contribution in [0.3, 0.4) is 0 Å². The predicted octanol–water partition coefficient (Wildman–Crippen LogP) is 7.03. The number of hydrogen-bond donors (Lipinski definition) is 1. The van der Waals surface area contributed by atoms with Gasteiger partial charge in [-0.1, -0.05) is 0 Å². The van der Waals surface area contributed by atoms with Gasteiger partial charge in [-0.2, -0.15) is 0 Å². The van der Waals surface area contributed by atoms with Crippen molar-refractivity contribution >= 4 is 25.2 Å². The number of rotatable bonds is 38. The summed E-state index contributed by atoms with van der Waals surface area (Å²) >= 11 is 0. The maximum absolute atomic E-state index is 6.63. The van der Waals surface area contributed by atoms with Gasteiger partial charge < -0.3 is 60.9 Å². The molecular formula is C40H89NO12Si3. The summed E-state index contributed by atoms with van der Waals surface area (Å²) in [5.41, 5.74) is 0. The lowest BCUT2D eigenvalue weighted by Gasteiger charge is -2.38. The molecule has 0 aliphatic rings. The Kier molecular flexibility index (Phi) is 31.1. The highest BCUT2D eigenvalue weighted by molar-refractivity contribution is 6.87. The second-order valence-corrected chi connectivity index (χ2v) is 30.6. The second kappa shape index (κ2) is 31.0. The molecule has 0 saturated carbocycles. The lowest BCUT2D eigenvalue weighted by atomic mass is 10.3. The van der Waals surface area contributed by atoms with Crippen molar-refractivity contribution in [1.29, 1.82) is 0 Å². The van der Waals surface area contributed by atoms with Crippen LogP contribution < -0.4 is 5.32 Å². The molecule has 0 saturated heterocycles. The second-order valence-electron chi connectivity index (χ2n) is 17.7. The van der Waals surface area contributed by atoms with Crippen molar-refractivity contribution < 1.29 is 55.6 Å². The maximum atomic E-state index is 6.63. The molecule has 16 heteroatoms. The van der Waals surface area contributed by atoms with Crippen LogP contribution in [0.15, 0.2) is 0 Å². The standard InChI is InChI=1S/C40H89NO12Si3/c1-32(41-19-18-22-56(17,52-54(11,12)13)53-55(14,15)16)23-44-34(3)25-46-36(5)27-48-38(7)29-50-40(9)31-51-39(8)30-49-37(6)28-47-35(4)26-45-33(2)24-43-21-20-42-10/h32-41H,18-31H2,1-17H3. The Morgan fingerprint density at radius 2 is 0.714 bits per heavy atom. The van der Waals surface area contributed by atoms with Gasteiger partial charge in [0.2, 0.25) is 0 Å². The summed E-state index contributed by atoms with van der Waals surface area (Å²) in [7, 11) is -3.90. The highest BCUT2D eigenvalue weighted by Crippen LogP contribution is 2.25. The average molecular weight is 860 g/mol. The molecule has 0 aromatic heterocycles. The molecule has 0 bridgehead atoms. The molecule has 338 valence electrons. The number of nitrogens with one attached hydrogen (secondary N) is 1. The van der Waals surface area contributed by atoms with E-state index in [9.17, 15) is 0 Å². The van der Waals surface area contributed by atoms with E-state index in [0.29, 0.717) is 72.7 Å². The predicted molar refractivity (Wildman–Crippen MR) is 233 cm³/mol. The minimum atomic E-state index is -2.20. The Morgan fingerprint density at radius 3 is 1.02 bits per heavy atom. The topological polar surface area (TPSA) is 123 Å². The van der Waals surface area contributed by atoms with Crippen LogP contribution in [0.2, 0.25) is 51.9 Å². The zero-order valence-corrected chi connectivity index (χ0v) is 42.0. The van der Waals surface area contributed by atoms with E-state index >= 15 is 0 Å². The molecule has 0 radical (unpaired) electrons. The molecule has 0 aromatic rings. The molecule has 1 N–H and O–H groups in total. The monoisotopic (exact) mass is 860 g/mol. The van der Waals surface area contributed by atoms with Gasteiger partial charge in [0, 0.05) is 13.2 Å². The molecule has 0 heterocycles. The minimum absolute atomic E-state index is 0.00456. The average Bonchev–Trinajstić information content (AvgIpc) is 3.09. The van der Waals surface area contributed by atoms with Gasteiger partial charge in [-0.25, -0.2) is 0 Å². The summed E-state index contributed by atoms with van der Waals surface area (Å²) in [6.07, 6.45) is 0.641. The first-order chi connectivity index (χ1) is 26.0. The Labute approximate surface area is 347 Å². The highest BCUT2D eigenvalue weighted by atomic mass is 28.5. The molecule has 0 fully saturated rings. The quantitative estimate of drug-likeness (QED) is 0.0506. The Balaban J connectivity index is 4.07. The highest BCUT2D eigenvalue weighted by Gasteiger charge is 2.39. The first-order valence-corrected chi connectivity index (χ1v) is 30.5. The Bertz CT molecular complexity index is 916. The minimum Gasteiger partial charge on any atom is -0.437 e. The molecule has 56 heavy (non-hydrogen) atoms. The Hall–Kier alpha value is 0.131. The van der Waals surface area contributed by atoms with Crippen LogP contribution in [0.25, 0.3) is 0 Å². The third-order valence-corrected chi connectivity index (χ3v) is 17.7. The van der Waals surface area contributed by atoms with Crippen LogP contribution in [-0.4, -0.2) is 166 Å².